The van der Waals surface area contributed by atoms with Crippen LogP contribution in [0.1, 0.15) is 39.9 Å². The number of benzene rings is 2. The minimum Gasteiger partial charge on any atom is -0.396 e. The number of halogens is 1. The highest BCUT2D eigenvalue weighted by Crippen LogP contribution is 2.28. The normalized spacial score (nSPS) is 17.3. The molecular weight excluding hydrogens is 415 g/mol. The van der Waals surface area contributed by atoms with Crippen molar-refractivity contribution in [3.05, 3.63) is 64.5 Å². The van der Waals surface area contributed by atoms with Gasteiger partial charge < -0.3 is 16.0 Å². The summed E-state index contributed by atoms with van der Waals surface area (Å²) in [5, 5.41) is 4.94. The van der Waals surface area contributed by atoms with E-state index >= 15 is 0 Å². The maximum atomic E-state index is 13.2. The molecule has 4 rings (SSSR count). The van der Waals surface area contributed by atoms with Crippen LogP contribution in [-0.4, -0.2) is 34.6 Å². The topological polar surface area (TPSA) is 122 Å². The van der Waals surface area contributed by atoms with E-state index in [0.717, 1.165) is 11.1 Å². The number of carbonyl (C=O) groups is 4. The summed E-state index contributed by atoms with van der Waals surface area (Å²) in [6.07, 6.45) is 0.491. The lowest BCUT2D eigenvalue weighted by Crippen LogP contribution is -2.52. The van der Waals surface area contributed by atoms with Crippen LogP contribution in [0.15, 0.2) is 36.4 Å². The van der Waals surface area contributed by atoms with Crippen LogP contribution in [0.5, 0.6) is 0 Å². The molecule has 32 heavy (non-hydrogen) atoms. The second-order valence-corrected chi connectivity index (χ2v) is 7.56. The summed E-state index contributed by atoms with van der Waals surface area (Å²) in [6.45, 7) is 0.451. The van der Waals surface area contributed by atoms with Crippen molar-refractivity contribution in [3.63, 3.8) is 0 Å². The van der Waals surface area contributed by atoms with Crippen LogP contribution >= 0.6 is 0 Å². The Bertz CT molecular complexity index is 1210. The van der Waals surface area contributed by atoms with E-state index < -0.39 is 23.7 Å². The Kier molecular flexibility index (Phi) is 5.60. The summed E-state index contributed by atoms with van der Waals surface area (Å²) in [5.41, 5.74) is 7.87. The highest BCUT2D eigenvalue weighted by atomic mass is 19.1. The molecule has 2 aliphatic heterocycles. The average molecular weight is 434 g/mol. The Morgan fingerprint density at radius 2 is 2.03 bits per heavy atom. The molecule has 4 N–H and O–H groups in total. The Hall–Kier alpha value is -4.19. The van der Waals surface area contributed by atoms with E-state index in [1.807, 2.05) is 0 Å². The molecule has 2 aromatic rings. The number of amides is 4. The molecule has 0 aromatic heterocycles. The first-order chi connectivity index (χ1) is 15.3. The number of hydrogen-bond acceptors (Lipinski definition) is 5. The van der Waals surface area contributed by atoms with Gasteiger partial charge in [-0.05, 0) is 41.8 Å². The fourth-order valence-electron chi connectivity index (χ4n) is 3.71. The number of nitrogens with one attached hydrogen (secondary N) is 2. The molecule has 0 spiro atoms. The van der Waals surface area contributed by atoms with Gasteiger partial charge in [0.05, 0.1) is 5.69 Å². The van der Waals surface area contributed by atoms with Crippen LogP contribution in [0, 0.1) is 17.7 Å². The summed E-state index contributed by atoms with van der Waals surface area (Å²) >= 11 is 0. The van der Waals surface area contributed by atoms with Crippen molar-refractivity contribution in [3.8, 4) is 11.8 Å². The Morgan fingerprint density at radius 3 is 2.78 bits per heavy atom. The van der Waals surface area contributed by atoms with E-state index in [0.29, 0.717) is 17.5 Å². The average Bonchev–Trinajstić information content (AvgIpc) is 3.08. The van der Waals surface area contributed by atoms with E-state index in [2.05, 4.69) is 22.5 Å². The lowest BCUT2D eigenvalue weighted by Gasteiger charge is -2.29. The van der Waals surface area contributed by atoms with Gasteiger partial charge in [-0.1, -0.05) is 18.1 Å². The van der Waals surface area contributed by atoms with Crippen molar-refractivity contribution in [1.29, 1.82) is 0 Å². The summed E-state index contributed by atoms with van der Waals surface area (Å²) in [4.78, 5) is 49.7. The zero-order valence-electron chi connectivity index (χ0n) is 16.9. The molecule has 162 valence electrons. The van der Waals surface area contributed by atoms with Crippen molar-refractivity contribution >= 4 is 29.3 Å². The Morgan fingerprint density at radius 1 is 1.22 bits per heavy atom. The van der Waals surface area contributed by atoms with E-state index in [4.69, 9.17) is 5.73 Å². The number of piperidine rings is 1. The molecule has 2 heterocycles. The molecule has 2 aliphatic rings. The second-order valence-electron chi connectivity index (χ2n) is 7.56. The molecule has 1 saturated heterocycles. The van der Waals surface area contributed by atoms with Gasteiger partial charge in [-0.25, -0.2) is 4.39 Å². The lowest BCUT2D eigenvalue weighted by molar-refractivity contribution is -0.137. The number of nitrogens with two attached hydrogens (primary N) is 1. The van der Waals surface area contributed by atoms with Crippen LogP contribution in [0.2, 0.25) is 0 Å². The van der Waals surface area contributed by atoms with Gasteiger partial charge in [0, 0.05) is 36.6 Å². The number of anilines is 1. The van der Waals surface area contributed by atoms with E-state index in [-0.39, 0.29) is 37.0 Å². The summed E-state index contributed by atoms with van der Waals surface area (Å²) < 4.78 is 13.2. The van der Waals surface area contributed by atoms with Gasteiger partial charge in [-0.2, -0.15) is 0 Å². The third-order valence-corrected chi connectivity index (χ3v) is 5.36. The van der Waals surface area contributed by atoms with Crippen LogP contribution in [0.3, 0.4) is 0 Å². The maximum Gasteiger partial charge on any atom is 0.296 e. The quantitative estimate of drug-likeness (QED) is 0.375. The molecule has 0 aliphatic carbocycles. The van der Waals surface area contributed by atoms with Gasteiger partial charge in [0.15, 0.2) is 0 Å². The predicted octanol–water partition coefficient (Wildman–Crippen LogP) is 0.837. The monoisotopic (exact) mass is 434 g/mol. The molecule has 9 heteroatoms. The first-order valence-corrected chi connectivity index (χ1v) is 9.93. The van der Waals surface area contributed by atoms with Gasteiger partial charge in [0.1, 0.15) is 11.9 Å². The fraction of sp³-hybridized carbons (Fsp3) is 0.217. The SMILES string of the molecule is Nc1cc(C#CC(=O)NCc2ccc3c(c2)CN(C2CCC(=O)NC2=O)C3=O)ccc1F. The van der Waals surface area contributed by atoms with E-state index in [1.54, 1.807) is 18.2 Å². The standard InChI is InChI=1S/C23H19FN4O4/c24-17-5-2-13(10-18(17)25)3-7-20(29)26-11-14-1-4-16-15(9-14)12-28(23(16)32)19-6-8-21(30)27-22(19)31/h1-2,4-5,9-10,19H,6,8,11-12,25H2,(H,26,29)(H,27,30,31). The van der Waals surface area contributed by atoms with Gasteiger partial charge in [0.25, 0.3) is 11.8 Å². The molecule has 1 atom stereocenters. The van der Waals surface area contributed by atoms with Gasteiger partial charge in [-0.15, -0.1) is 0 Å². The van der Waals surface area contributed by atoms with Gasteiger partial charge >= 0.3 is 0 Å². The number of rotatable bonds is 3. The lowest BCUT2D eigenvalue weighted by atomic mass is 10.0. The van der Waals surface area contributed by atoms with Crippen LogP contribution < -0.4 is 16.4 Å². The van der Waals surface area contributed by atoms with Crippen molar-refractivity contribution in [2.24, 2.45) is 0 Å². The van der Waals surface area contributed by atoms with Gasteiger partial charge in [0.2, 0.25) is 11.8 Å². The van der Waals surface area contributed by atoms with Crippen LogP contribution in [0.4, 0.5) is 10.1 Å². The zero-order chi connectivity index (χ0) is 22.8. The predicted molar refractivity (Wildman–Crippen MR) is 112 cm³/mol. The molecular formula is C23H19FN4O4. The Balaban J connectivity index is 1.39. The second kappa shape index (κ2) is 8.51. The smallest absolute Gasteiger partial charge is 0.296 e. The summed E-state index contributed by atoms with van der Waals surface area (Å²) in [6, 6.07) is 8.47. The number of nitrogens with zero attached hydrogens (tertiary/aromatic N) is 1. The Labute approximate surface area is 183 Å². The van der Waals surface area contributed by atoms with Crippen molar-refractivity contribution < 1.29 is 23.6 Å². The molecule has 2 aromatic carbocycles. The molecule has 0 radical (unpaired) electrons. The molecule has 8 nitrogen and oxygen atoms in total. The fourth-order valence-corrected chi connectivity index (χ4v) is 3.71. The first kappa shape index (κ1) is 21.1. The highest BCUT2D eigenvalue weighted by molar-refractivity contribution is 6.05. The number of fused-ring (bicyclic) bond motifs is 1. The molecule has 1 fully saturated rings. The van der Waals surface area contributed by atoms with Crippen LogP contribution in [-0.2, 0) is 27.5 Å². The van der Waals surface area contributed by atoms with Crippen molar-refractivity contribution in [2.75, 3.05) is 5.73 Å². The minimum atomic E-state index is -0.675. The minimum absolute atomic E-state index is 0.0451. The highest BCUT2D eigenvalue weighted by Gasteiger charge is 2.39. The zero-order valence-corrected chi connectivity index (χ0v) is 16.9. The molecule has 4 amide bonds. The van der Waals surface area contributed by atoms with Crippen molar-refractivity contribution in [2.45, 2.75) is 32.0 Å². The molecule has 0 bridgehead atoms. The third kappa shape index (κ3) is 4.30. The number of hydrogen-bond donors (Lipinski definition) is 3. The number of imide groups is 1. The first-order valence-electron chi connectivity index (χ1n) is 9.93. The molecule has 1 unspecified atom stereocenters. The largest absolute Gasteiger partial charge is 0.396 e. The molecule has 0 saturated carbocycles. The number of carbonyl (C=O) groups excluding carboxylic acids is 4. The maximum absolute atomic E-state index is 13.2. The van der Waals surface area contributed by atoms with Gasteiger partial charge in [-0.3, -0.25) is 24.5 Å². The summed E-state index contributed by atoms with van der Waals surface area (Å²) in [7, 11) is 0. The van der Waals surface area contributed by atoms with E-state index in [1.165, 1.54) is 23.1 Å². The third-order valence-electron chi connectivity index (χ3n) is 5.36. The summed E-state index contributed by atoms with van der Waals surface area (Å²) in [5.74, 6) is 2.93. The number of nitrogen functional groups attached to an aromatic ring is 1. The van der Waals surface area contributed by atoms with Crippen LogP contribution in [0.25, 0.3) is 0 Å². The van der Waals surface area contributed by atoms with E-state index in [9.17, 15) is 23.6 Å². The van der Waals surface area contributed by atoms with Crippen molar-refractivity contribution in [1.82, 2.24) is 15.5 Å².